The Hall–Kier alpha value is -1.23. The van der Waals surface area contributed by atoms with E-state index in [-0.39, 0.29) is 11.7 Å². The van der Waals surface area contributed by atoms with Gasteiger partial charge in [-0.05, 0) is 24.5 Å². The average molecular weight is 254 g/mol. The number of benzene rings is 1. The number of hydrogen-bond donors (Lipinski definition) is 1. The van der Waals surface area contributed by atoms with Crippen molar-refractivity contribution in [1.82, 2.24) is 0 Å². The number of fused-ring (bicyclic) bond motifs is 1. The number of sulfonamides is 1. The van der Waals surface area contributed by atoms with Crippen molar-refractivity contribution in [2.24, 2.45) is 5.92 Å². The molecule has 0 saturated heterocycles. The molecule has 1 heterocycles. The lowest BCUT2D eigenvalue weighted by molar-refractivity contribution is 0.578. The Balaban J connectivity index is 2.38. The summed E-state index contributed by atoms with van der Waals surface area (Å²) in [5, 5.41) is 0. The Labute approximate surface area is 102 Å². The minimum atomic E-state index is -3.21. The molecule has 94 valence electrons. The van der Waals surface area contributed by atoms with E-state index in [2.05, 4.69) is 0 Å². The van der Waals surface area contributed by atoms with Crippen molar-refractivity contribution in [2.75, 3.05) is 22.3 Å². The summed E-state index contributed by atoms with van der Waals surface area (Å²) in [6.45, 7) is 4.33. The van der Waals surface area contributed by atoms with Gasteiger partial charge in [0.25, 0.3) is 0 Å². The van der Waals surface area contributed by atoms with E-state index in [1.807, 2.05) is 26.0 Å². The molecule has 0 radical (unpaired) electrons. The minimum Gasteiger partial charge on any atom is -0.398 e. The van der Waals surface area contributed by atoms with Crippen molar-refractivity contribution in [3.63, 3.8) is 0 Å². The first-order valence-corrected chi connectivity index (χ1v) is 7.40. The second-order valence-corrected chi connectivity index (χ2v) is 6.78. The molecule has 4 nitrogen and oxygen atoms in total. The molecule has 5 heteroatoms. The predicted molar refractivity (Wildman–Crippen MR) is 70.5 cm³/mol. The number of nitrogens with zero attached hydrogens (tertiary/aromatic N) is 1. The third kappa shape index (κ3) is 2.24. The van der Waals surface area contributed by atoms with Crippen molar-refractivity contribution in [3.05, 3.63) is 23.8 Å². The summed E-state index contributed by atoms with van der Waals surface area (Å²) in [6, 6.07) is 5.45. The van der Waals surface area contributed by atoms with Crippen molar-refractivity contribution < 1.29 is 8.42 Å². The quantitative estimate of drug-likeness (QED) is 0.834. The van der Waals surface area contributed by atoms with E-state index in [0.717, 1.165) is 11.3 Å². The fourth-order valence-corrected chi connectivity index (χ4v) is 4.09. The van der Waals surface area contributed by atoms with E-state index in [1.165, 1.54) is 4.31 Å². The molecule has 1 aromatic carbocycles. The van der Waals surface area contributed by atoms with Gasteiger partial charge in [0.1, 0.15) is 0 Å². The summed E-state index contributed by atoms with van der Waals surface area (Å²) >= 11 is 0. The predicted octanol–water partition coefficient (Wildman–Crippen LogP) is 1.62. The highest BCUT2D eigenvalue weighted by atomic mass is 32.2. The highest BCUT2D eigenvalue weighted by molar-refractivity contribution is 7.92. The zero-order valence-electron chi connectivity index (χ0n) is 10.2. The lowest BCUT2D eigenvalue weighted by atomic mass is 10.1. The SMILES string of the molecule is CC(C)CS(=O)(=O)N1CCc2c(N)cccc21. The molecule has 1 aromatic rings. The van der Waals surface area contributed by atoms with E-state index >= 15 is 0 Å². The highest BCUT2D eigenvalue weighted by Gasteiger charge is 2.30. The van der Waals surface area contributed by atoms with Gasteiger partial charge in [0.2, 0.25) is 10.0 Å². The second kappa shape index (κ2) is 4.22. The molecule has 2 N–H and O–H groups in total. The van der Waals surface area contributed by atoms with Crippen LogP contribution in [0.5, 0.6) is 0 Å². The Morgan fingerprint density at radius 1 is 1.41 bits per heavy atom. The number of rotatable bonds is 3. The normalized spacial score (nSPS) is 15.4. The van der Waals surface area contributed by atoms with Crippen molar-refractivity contribution in [2.45, 2.75) is 20.3 Å². The molecular formula is C12H18N2O2S. The third-order valence-electron chi connectivity index (χ3n) is 2.90. The molecule has 2 rings (SSSR count). The topological polar surface area (TPSA) is 63.4 Å². The number of nitrogens with two attached hydrogens (primary N) is 1. The first-order chi connectivity index (χ1) is 7.92. The van der Waals surface area contributed by atoms with Crippen LogP contribution in [0, 0.1) is 5.92 Å². The third-order valence-corrected chi connectivity index (χ3v) is 5.04. The van der Waals surface area contributed by atoms with Crippen LogP contribution in [0.4, 0.5) is 11.4 Å². The van der Waals surface area contributed by atoms with Crippen LogP contribution in [-0.4, -0.2) is 20.7 Å². The minimum absolute atomic E-state index is 0.130. The van der Waals surface area contributed by atoms with Crippen LogP contribution in [0.15, 0.2) is 18.2 Å². The van der Waals surface area contributed by atoms with Crippen LogP contribution in [0.3, 0.4) is 0 Å². The summed E-state index contributed by atoms with van der Waals surface area (Å²) in [6.07, 6.45) is 0.708. The molecule has 17 heavy (non-hydrogen) atoms. The Morgan fingerprint density at radius 2 is 2.12 bits per heavy atom. The Kier molecular flexibility index (Phi) is 3.03. The van der Waals surface area contributed by atoms with Gasteiger partial charge in [0.05, 0.1) is 11.4 Å². The van der Waals surface area contributed by atoms with Gasteiger partial charge in [-0.3, -0.25) is 4.31 Å². The number of anilines is 2. The lowest BCUT2D eigenvalue weighted by Gasteiger charge is -2.20. The number of hydrogen-bond acceptors (Lipinski definition) is 3. The van der Waals surface area contributed by atoms with Crippen LogP contribution in [0.2, 0.25) is 0 Å². The first kappa shape index (κ1) is 12.2. The van der Waals surface area contributed by atoms with Gasteiger partial charge < -0.3 is 5.73 Å². The van der Waals surface area contributed by atoms with Gasteiger partial charge in [-0.1, -0.05) is 19.9 Å². The van der Waals surface area contributed by atoms with Crippen molar-refractivity contribution >= 4 is 21.4 Å². The molecule has 0 amide bonds. The van der Waals surface area contributed by atoms with Gasteiger partial charge in [-0.15, -0.1) is 0 Å². The molecule has 0 fully saturated rings. The zero-order valence-corrected chi connectivity index (χ0v) is 11.0. The van der Waals surface area contributed by atoms with Crippen LogP contribution in [-0.2, 0) is 16.4 Å². The average Bonchev–Trinajstić information content (AvgIpc) is 2.61. The van der Waals surface area contributed by atoms with Crippen molar-refractivity contribution in [1.29, 1.82) is 0 Å². The second-order valence-electron chi connectivity index (χ2n) is 4.84. The molecule has 0 bridgehead atoms. The zero-order chi connectivity index (χ0) is 12.6. The molecule has 1 aliphatic heterocycles. The summed E-state index contributed by atoms with van der Waals surface area (Å²) in [5.41, 5.74) is 8.26. The van der Waals surface area contributed by atoms with Gasteiger partial charge in [0.15, 0.2) is 0 Å². The van der Waals surface area contributed by atoms with Crippen LogP contribution < -0.4 is 10.0 Å². The van der Waals surface area contributed by atoms with E-state index < -0.39 is 10.0 Å². The molecule has 1 aliphatic rings. The molecule has 0 atom stereocenters. The lowest BCUT2D eigenvalue weighted by Crippen LogP contribution is -2.32. The Bertz CT molecular complexity index is 523. The maximum absolute atomic E-state index is 12.2. The standard InChI is InChI=1S/C12H18N2O2S/c1-9(2)8-17(15,16)14-7-6-10-11(13)4-3-5-12(10)14/h3-5,9H,6-8,13H2,1-2H3. The van der Waals surface area contributed by atoms with Crippen LogP contribution in [0.25, 0.3) is 0 Å². The fourth-order valence-electron chi connectivity index (χ4n) is 2.23. The fraction of sp³-hybridized carbons (Fsp3) is 0.500. The summed E-state index contributed by atoms with van der Waals surface area (Å²) in [7, 11) is -3.21. The summed E-state index contributed by atoms with van der Waals surface area (Å²) < 4.78 is 25.9. The van der Waals surface area contributed by atoms with Gasteiger partial charge in [-0.25, -0.2) is 8.42 Å². The molecule has 0 aromatic heterocycles. The summed E-state index contributed by atoms with van der Waals surface area (Å²) in [5.74, 6) is 0.312. The van der Waals surface area contributed by atoms with Gasteiger partial charge in [0, 0.05) is 17.8 Å². The smallest absolute Gasteiger partial charge is 0.235 e. The van der Waals surface area contributed by atoms with E-state index in [4.69, 9.17) is 5.73 Å². The molecule has 0 saturated carbocycles. The van der Waals surface area contributed by atoms with Crippen molar-refractivity contribution in [3.8, 4) is 0 Å². The maximum Gasteiger partial charge on any atom is 0.235 e. The maximum atomic E-state index is 12.2. The molecule has 0 unspecified atom stereocenters. The molecule has 0 spiro atoms. The monoisotopic (exact) mass is 254 g/mol. The van der Waals surface area contributed by atoms with Crippen LogP contribution in [0.1, 0.15) is 19.4 Å². The van der Waals surface area contributed by atoms with Gasteiger partial charge >= 0.3 is 0 Å². The Morgan fingerprint density at radius 3 is 2.76 bits per heavy atom. The molecular weight excluding hydrogens is 236 g/mol. The summed E-state index contributed by atoms with van der Waals surface area (Å²) in [4.78, 5) is 0. The van der Waals surface area contributed by atoms with E-state index in [0.29, 0.717) is 18.7 Å². The molecule has 0 aliphatic carbocycles. The first-order valence-electron chi connectivity index (χ1n) is 5.79. The number of nitrogen functional groups attached to an aromatic ring is 1. The van der Waals surface area contributed by atoms with E-state index in [1.54, 1.807) is 6.07 Å². The largest absolute Gasteiger partial charge is 0.398 e. The van der Waals surface area contributed by atoms with E-state index in [9.17, 15) is 8.42 Å². The van der Waals surface area contributed by atoms with Gasteiger partial charge in [-0.2, -0.15) is 0 Å². The highest BCUT2D eigenvalue weighted by Crippen LogP contribution is 2.34. The van der Waals surface area contributed by atoms with Crippen LogP contribution >= 0.6 is 0 Å².